The van der Waals surface area contributed by atoms with Gasteiger partial charge >= 0.3 is 5.97 Å². The molecule has 21 heavy (non-hydrogen) atoms. The van der Waals surface area contributed by atoms with Gasteiger partial charge in [0.2, 0.25) is 0 Å². The van der Waals surface area contributed by atoms with Crippen LogP contribution in [-0.2, 0) is 0 Å². The summed E-state index contributed by atoms with van der Waals surface area (Å²) < 4.78 is 14.2. The Morgan fingerprint density at radius 3 is 2.52 bits per heavy atom. The molecule has 0 radical (unpaired) electrons. The SMILES string of the molecule is Cc1ccc(C(=O)Nc2ccc(I)cc2C(=O)O)cc1F. The minimum Gasteiger partial charge on any atom is -0.478 e. The van der Waals surface area contributed by atoms with Gasteiger partial charge in [-0.05, 0) is 65.4 Å². The summed E-state index contributed by atoms with van der Waals surface area (Å²) in [6, 6.07) is 8.75. The molecule has 0 saturated carbocycles. The molecule has 2 rings (SSSR count). The molecule has 2 N–H and O–H groups in total. The second-order valence-electron chi connectivity index (χ2n) is 4.41. The summed E-state index contributed by atoms with van der Waals surface area (Å²) in [4.78, 5) is 23.2. The fraction of sp³-hybridized carbons (Fsp3) is 0.0667. The van der Waals surface area contributed by atoms with Gasteiger partial charge in [0.05, 0.1) is 11.3 Å². The van der Waals surface area contributed by atoms with Gasteiger partial charge in [-0.25, -0.2) is 9.18 Å². The number of rotatable bonds is 3. The van der Waals surface area contributed by atoms with Crippen LogP contribution in [0.5, 0.6) is 0 Å². The first-order valence-corrected chi connectivity index (χ1v) is 7.06. The molecule has 4 nitrogen and oxygen atoms in total. The van der Waals surface area contributed by atoms with Gasteiger partial charge in [-0.15, -0.1) is 0 Å². The van der Waals surface area contributed by atoms with Crippen molar-refractivity contribution in [3.8, 4) is 0 Å². The van der Waals surface area contributed by atoms with Crippen molar-refractivity contribution >= 4 is 40.2 Å². The van der Waals surface area contributed by atoms with Crippen molar-refractivity contribution in [1.29, 1.82) is 0 Å². The predicted octanol–water partition coefficient (Wildman–Crippen LogP) is 3.69. The maximum Gasteiger partial charge on any atom is 0.337 e. The van der Waals surface area contributed by atoms with E-state index in [0.717, 1.165) is 9.64 Å². The molecule has 0 aliphatic carbocycles. The zero-order valence-electron chi connectivity index (χ0n) is 11.0. The standard InChI is InChI=1S/C15H11FINO3/c1-8-2-3-9(6-12(8)16)14(19)18-13-5-4-10(17)7-11(13)15(20)21/h2-7H,1H3,(H,18,19)(H,20,21). The van der Waals surface area contributed by atoms with Gasteiger partial charge in [-0.1, -0.05) is 6.07 Å². The highest BCUT2D eigenvalue weighted by Crippen LogP contribution is 2.20. The van der Waals surface area contributed by atoms with Gasteiger partial charge in [-0.3, -0.25) is 4.79 Å². The molecular formula is C15H11FINO3. The van der Waals surface area contributed by atoms with E-state index in [-0.39, 0.29) is 16.8 Å². The van der Waals surface area contributed by atoms with Gasteiger partial charge in [0.1, 0.15) is 5.82 Å². The van der Waals surface area contributed by atoms with Crippen LogP contribution in [0.3, 0.4) is 0 Å². The van der Waals surface area contributed by atoms with Crippen LogP contribution >= 0.6 is 22.6 Å². The second-order valence-corrected chi connectivity index (χ2v) is 5.66. The third-order valence-electron chi connectivity index (χ3n) is 2.89. The fourth-order valence-electron chi connectivity index (χ4n) is 1.73. The lowest BCUT2D eigenvalue weighted by Crippen LogP contribution is -2.15. The Morgan fingerprint density at radius 2 is 1.90 bits per heavy atom. The van der Waals surface area contributed by atoms with Gasteiger partial charge in [0, 0.05) is 9.13 Å². The second kappa shape index (κ2) is 6.21. The number of nitrogens with one attached hydrogen (secondary N) is 1. The third-order valence-corrected chi connectivity index (χ3v) is 3.57. The Bertz CT molecular complexity index is 731. The number of halogens is 2. The average molecular weight is 399 g/mol. The molecule has 1 amide bonds. The van der Waals surface area contributed by atoms with E-state index in [4.69, 9.17) is 5.11 Å². The molecule has 2 aromatic rings. The number of aromatic carboxylic acids is 1. The van der Waals surface area contributed by atoms with Gasteiger partial charge in [0.25, 0.3) is 5.91 Å². The van der Waals surface area contributed by atoms with Crippen molar-refractivity contribution in [1.82, 2.24) is 0 Å². The van der Waals surface area contributed by atoms with E-state index >= 15 is 0 Å². The lowest BCUT2D eigenvalue weighted by Gasteiger charge is -2.09. The van der Waals surface area contributed by atoms with Crippen LogP contribution in [0.1, 0.15) is 26.3 Å². The zero-order valence-corrected chi connectivity index (χ0v) is 13.1. The summed E-state index contributed by atoms with van der Waals surface area (Å²) in [6.45, 7) is 1.60. The quantitative estimate of drug-likeness (QED) is 0.774. The molecule has 108 valence electrons. The van der Waals surface area contributed by atoms with Crippen molar-refractivity contribution in [3.05, 3.63) is 62.5 Å². The van der Waals surface area contributed by atoms with Crippen molar-refractivity contribution in [2.45, 2.75) is 6.92 Å². The first-order chi connectivity index (χ1) is 9.88. The number of carboxylic acids is 1. The zero-order chi connectivity index (χ0) is 15.6. The molecule has 0 aliphatic rings. The molecule has 0 unspecified atom stereocenters. The number of benzene rings is 2. The average Bonchev–Trinajstić information content (AvgIpc) is 2.43. The van der Waals surface area contributed by atoms with E-state index in [0.29, 0.717) is 5.56 Å². The highest BCUT2D eigenvalue weighted by atomic mass is 127. The molecule has 0 saturated heterocycles. The van der Waals surface area contributed by atoms with Crippen LogP contribution in [0.25, 0.3) is 0 Å². The van der Waals surface area contributed by atoms with E-state index in [1.165, 1.54) is 24.3 Å². The smallest absolute Gasteiger partial charge is 0.337 e. The molecule has 2 aromatic carbocycles. The molecule has 0 fully saturated rings. The molecule has 0 aliphatic heterocycles. The van der Waals surface area contributed by atoms with Crippen LogP contribution in [-0.4, -0.2) is 17.0 Å². The molecule has 6 heteroatoms. The predicted molar refractivity (Wildman–Crippen MR) is 85.2 cm³/mol. The molecule has 0 heterocycles. The Kier molecular flexibility index (Phi) is 4.56. The number of amides is 1. The van der Waals surface area contributed by atoms with Crippen LogP contribution < -0.4 is 5.32 Å². The number of hydrogen-bond acceptors (Lipinski definition) is 2. The Labute approximate surface area is 134 Å². The van der Waals surface area contributed by atoms with Crippen LogP contribution in [0.4, 0.5) is 10.1 Å². The lowest BCUT2D eigenvalue weighted by atomic mass is 10.1. The maximum absolute atomic E-state index is 13.5. The summed E-state index contributed by atoms with van der Waals surface area (Å²) in [5.74, 6) is -2.18. The van der Waals surface area contributed by atoms with Crippen molar-refractivity contribution < 1.29 is 19.1 Å². The van der Waals surface area contributed by atoms with Crippen LogP contribution in [0.15, 0.2) is 36.4 Å². The minimum atomic E-state index is -1.14. The molecule has 0 bridgehead atoms. The van der Waals surface area contributed by atoms with Gasteiger partial charge < -0.3 is 10.4 Å². The summed E-state index contributed by atoms with van der Waals surface area (Å²) >= 11 is 1.98. The maximum atomic E-state index is 13.5. The Hall–Kier alpha value is -1.96. The van der Waals surface area contributed by atoms with Gasteiger partial charge in [-0.2, -0.15) is 0 Å². The fourth-order valence-corrected chi connectivity index (χ4v) is 2.22. The number of carbonyl (C=O) groups is 2. The minimum absolute atomic E-state index is 0.0113. The van der Waals surface area contributed by atoms with E-state index in [9.17, 15) is 14.0 Å². The number of anilines is 1. The monoisotopic (exact) mass is 399 g/mol. The van der Waals surface area contributed by atoms with Crippen molar-refractivity contribution in [2.75, 3.05) is 5.32 Å². The van der Waals surface area contributed by atoms with E-state index < -0.39 is 17.7 Å². The summed E-state index contributed by atoms with van der Waals surface area (Å²) in [6.07, 6.45) is 0. The molecular weight excluding hydrogens is 388 g/mol. The van der Waals surface area contributed by atoms with Crippen molar-refractivity contribution in [3.63, 3.8) is 0 Å². The third kappa shape index (κ3) is 3.57. The highest BCUT2D eigenvalue weighted by molar-refractivity contribution is 14.1. The summed E-state index contributed by atoms with van der Waals surface area (Å²) in [7, 11) is 0. The lowest BCUT2D eigenvalue weighted by molar-refractivity contribution is 0.0698. The van der Waals surface area contributed by atoms with Crippen LogP contribution in [0.2, 0.25) is 0 Å². The van der Waals surface area contributed by atoms with Gasteiger partial charge in [0.15, 0.2) is 0 Å². The summed E-state index contributed by atoms with van der Waals surface area (Å²) in [5.41, 5.74) is 0.733. The number of aryl methyl sites for hydroxylation is 1. The first-order valence-electron chi connectivity index (χ1n) is 5.99. The van der Waals surface area contributed by atoms with Crippen LogP contribution in [0, 0.1) is 16.3 Å². The molecule has 0 aromatic heterocycles. The Balaban J connectivity index is 2.31. The summed E-state index contributed by atoms with van der Waals surface area (Å²) in [5, 5.41) is 11.6. The van der Waals surface area contributed by atoms with Crippen molar-refractivity contribution in [2.24, 2.45) is 0 Å². The highest BCUT2D eigenvalue weighted by Gasteiger charge is 2.14. The van der Waals surface area contributed by atoms with E-state index in [2.05, 4.69) is 5.32 Å². The van der Waals surface area contributed by atoms with E-state index in [1.54, 1.807) is 13.0 Å². The molecule has 0 atom stereocenters. The number of carbonyl (C=O) groups excluding carboxylic acids is 1. The number of hydrogen-bond donors (Lipinski definition) is 2. The first kappa shape index (κ1) is 15.4. The normalized spacial score (nSPS) is 10.2. The van der Waals surface area contributed by atoms with E-state index in [1.807, 2.05) is 22.6 Å². The molecule has 0 spiro atoms. The number of carboxylic acid groups (broad SMARTS) is 1. The Morgan fingerprint density at radius 1 is 1.19 bits per heavy atom. The topological polar surface area (TPSA) is 66.4 Å². The largest absolute Gasteiger partial charge is 0.478 e.